The van der Waals surface area contributed by atoms with Gasteiger partial charge >= 0.3 is 0 Å². The van der Waals surface area contributed by atoms with Crippen LogP contribution in [0.1, 0.15) is 59.9 Å². The van der Waals surface area contributed by atoms with Crippen molar-refractivity contribution in [2.75, 3.05) is 0 Å². The predicted molar refractivity (Wildman–Crippen MR) is 137 cm³/mol. The van der Waals surface area contributed by atoms with Gasteiger partial charge in [-0.3, -0.25) is 4.99 Å². The van der Waals surface area contributed by atoms with Crippen LogP contribution in [0.3, 0.4) is 0 Å². The monoisotopic (exact) mass is 409 g/mol. The van der Waals surface area contributed by atoms with Gasteiger partial charge in [0.25, 0.3) is 0 Å². The van der Waals surface area contributed by atoms with E-state index >= 15 is 0 Å². The Kier molecular flexibility index (Phi) is 6.95. The quantitative estimate of drug-likeness (QED) is 0.345. The highest BCUT2D eigenvalue weighted by atomic mass is 14.8. The number of hydrogen-bond acceptors (Lipinski definition) is 1. The molecule has 0 amide bonds. The largest absolute Gasteiger partial charge is 0.262 e. The molecule has 160 valence electrons. The average Bonchev–Trinajstić information content (AvgIpc) is 2.75. The summed E-state index contributed by atoms with van der Waals surface area (Å²) in [6.45, 7) is 17.7. The summed E-state index contributed by atoms with van der Waals surface area (Å²) in [5.74, 6) is 0. The molecule has 0 spiro atoms. The first kappa shape index (κ1) is 22.7. The first-order valence-electron chi connectivity index (χ1n) is 11.2. The van der Waals surface area contributed by atoms with Gasteiger partial charge in [-0.05, 0) is 66.9 Å². The lowest BCUT2D eigenvalue weighted by molar-refractivity contribution is 0.587. The molecule has 0 atom stereocenters. The molecule has 1 nitrogen and oxygen atoms in total. The van der Waals surface area contributed by atoms with Gasteiger partial charge in [0.1, 0.15) is 0 Å². The maximum Gasteiger partial charge on any atom is 0.0456 e. The fourth-order valence-corrected chi connectivity index (χ4v) is 3.88. The van der Waals surface area contributed by atoms with Crippen molar-refractivity contribution in [2.24, 2.45) is 10.4 Å². The lowest BCUT2D eigenvalue weighted by atomic mass is 9.83. The van der Waals surface area contributed by atoms with Crippen LogP contribution in [0, 0.1) is 5.41 Å². The van der Waals surface area contributed by atoms with E-state index in [4.69, 9.17) is 4.99 Å². The van der Waals surface area contributed by atoms with Crippen LogP contribution in [0.4, 0.5) is 0 Å². The van der Waals surface area contributed by atoms with E-state index in [1.807, 2.05) is 0 Å². The minimum atomic E-state index is 0.0292. The van der Waals surface area contributed by atoms with E-state index < -0.39 is 0 Å². The van der Waals surface area contributed by atoms with Crippen molar-refractivity contribution in [1.82, 2.24) is 0 Å². The molecule has 0 aromatic heterocycles. The second-order valence-electron chi connectivity index (χ2n) is 9.43. The first-order chi connectivity index (χ1) is 14.7. The topological polar surface area (TPSA) is 12.4 Å². The van der Waals surface area contributed by atoms with Crippen molar-refractivity contribution in [2.45, 2.75) is 54.4 Å². The van der Waals surface area contributed by atoms with Crippen molar-refractivity contribution >= 4 is 11.3 Å². The molecule has 1 heteroatoms. The number of rotatable bonds is 5. The Bertz CT molecular complexity index is 1080. The molecule has 0 saturated carbocycles. The highest BCUT2D eigenvalue weighted by Gasteiger charge is 2.20. The predicted octanol–water partition coefficient (Wildman–Crippen LogP) is 8.81. The molecule has 2 aromatic carbocycles. The van der Waals surface area contributed by atoms with E-state index in [1.54, 1.807) is 0 Å². The first-order valence-corrected chi connectivity index (χ1v) is 11.2. The van der Waals surface area contributed by atoms with Gasteiger partial charge in [0, 0.05) is 17.0 Å². The highest BCUT2D eigenvalue weighted by Crippen LogP contribution is 2.39. The molecule has 0 N–H and O–H groups in total. The van der Waals surface area contributed by atoms with Crippen LogP contribution in [0.2, 0.25) is 0 Å². The summed E-state index contributed by atoms with van der Waals surface area (Å²) in [5.41, 5.74) is 10.6. The smallest absolute Gasteiger partial charge is 0.0456 e. The number of nitrogens with zero attached hydrogens (tertiary/aromatic N) is 1. The van der Waals surface area contributed by atoms with Crippen LogP contribution in [-0.4, -0.2) is 5.71 Å². The Balaban J connectivity index is 2.22. The summed E-state index contributed by atoms with van der Waals surface area (Å²) in [5, 5.41) is 0. The lowest BCUT2D eigenvalue weighted by Gasteiger charge is -2.23. The second kappa shape index (κ2) is 9.47. The van der Waals surface area contributed by atoms with E-state index in [0.717, 1.165) is 41.0 Å². The molecule has 31 heavy (non-hydrogen) atoms. The van der Waals surface area contributed by atoms with Gasteiger partial charge in [-0.2, -0.15) is 0 Å². The Morgan fingerprint density at radius 3 is 2.23 bits per heavy atom. The van der Waals surface area contributed by atoms with Crippen molar-refractivity contribution in [1.29, 1.82) is 0 Å². The molecule has 2 aromatic rings. The number of aliphatic imine (C=N–C) groups is 1. The zero-order chi connectivity index (χ0) is 22.6. The SMILES string of the molecule is C=C(/C(C1=C(C)CCC=C1)=C(C)\N=C(/C)C(C)(C)C)c1ccccc1-c1ccccc1. The summed E-state index contributed by atoms with van der Waals surface area (Å²) < 4.78 is 0. The van der Waals surface area contributed by atoms with Crippen LogP contribution >= 0.6 is 0 Å². The molecule has 3 rings (SSSR count). The van der Waals surface area contributed by atoms with E-state index in [1.165, 1.54) is 22.3 Å². The number of hydrogen-bond donors (Lipinski definition) is 0. The summed E-state index contributed by atoms with van der Waals surface area (Å²) in [4.78, 5) is 5.07. The van der Waals surface area contributed by atoms with E-state index in [9.17, 15) is 0 Å². The fraction of sp³-hybridized carbons (Fsp3) is 0.300. The van der Waals surface area contributed by atoms with E-state index in [-0.39, 0.29) is 5.41 Å². The van der Waals surface area contributed by atoms with Gasteiger partial charge in [0.2, 0.25) is 0 Å². The molecule has 0 bridgehead atoms. The Hall–Kier alpha value is -2.93. The van der Waals surface area contributed by atoms with Crippen LogP contribution in [0.5, 0.6) is 0 Å². The van der Waals surface area contributed by atoms with E-state index in [0.29, 0.717) is 0 Å². The van der Waals surface area contributed by atoms with Gasteiger partial charge in [0.15, 0.2) is 0 Å². The minimum absolute atomic E-state index is 0.0292. The van der Waals surface area contributed by atoms with Crippen LogP contribution in [0.15, 0.2) is 101 Å². The third-order valence-corrected chi connectivity index (χ3v) is 6.12. The van der Waals surface area contributed by atoms with Crippen molar-refractivity contribution in [3.63, 3.8) is 0 Å². The molecular weight excluding hydrogens is 374 g/mol. The number of allylic oxidation sites excluding steroid dienone is 7. The molecular formula is C30H35N. The standard InChI is InChI=1S/C30H35N/c1-21-15-11-12-18-26(21)29(23(3)31-24(4)30(5,6)7)22(2)27-19-13-14-20-28(27)25-16-9-8-10-17-25/h8-10,12-14,16-20H,2,11,15H2,1,3-7H3/b29-23+,31-24+. The number of benzene rings is 2. The van der Waals surface area contributed by atoms with Crippen LogP contribution in [-0.2, 0) is 0 Å². The molecule has 0 saturated heterocycles. The average molecular weight is 410 g/mol. The molecule has 0 radical (unpaired) electrons. The van der Waals surface area contributed by atoms with Crippen LogP contribution in [0.25, 0.3) is 16.7 Å². The van der Waals surface area contributed by atoms with Crippen molar-refractivity contribution in [3.05, 3.63) is 101 Å². The minimum Gasteiger partial charge on any atom is -0.262 e. The molecule has 0 heterocycles. The van der Waals surface area contributed by atoms with E-state index in [2.05, 4.69) is 115 Å². The molecule has 0 aliphatic heterocycles. The highest BCUT2D eigenvalue weighted by molar-refractivity contribution is 5.93. The fourth-order valence-electron chi connectivity index (χ4n) is 3.88. The maximum absolute atomic E-state index is 5.07. The van der Waals surface area contributed by atoms with Crippen molar-refractivity contribution in [3.8, 4) is 11.1 Å². The third-order valence-electron chi connectivity index (χ3n) is 6.12. The normalized spacial score (nSPS) is 15.7. The van der Waals surface area contributed by atoms with Gasteiger partial charge in [-0.15, -0.1) is 0 Å². The lowest BCUT2D eigenvalue weighted by Crippen LogP contribution is -2.17. The molecule has 0 unspecified atom stereocenters. The summed E-state index contributed by atoms with van der Waals surface area (Å²) in [7, 11) is 0. The molecule has 1 aliphatic carbocycles. The summed E-state index contributed by atoms with van der Waals surface area (Å²) in [6, 6.07) is 19.1. The third kappa shape index (κ3) is 5.22. The summed E-state index contributed by atoms with van der Waals surface area (Å²) in [6.07, 6.45) is 6.71. The Labute approximate surface area is 188 Å². The molecule has 0 fully saturated rings. The zero-order valence-electron chi connectivity index (χ0n) is 19.9. The van der Waals surface area contributed by atoms with Crippen LogP contribution < -0.4 is 0 Å². The van der Waals surface area contributed by atoms with Gasteiger partial charge in [-0.1, -0.05) is 99.7 Å². The Morgan fingerprint density at radius 2 is 1.58 bits per heavy atom. The van der Waals surface area contributed by atoms with Gasteiger partial charge in [-0.25, -0.2) is 0 Å². The maximum atomic E-state index is 5.07. The van der Waals surface area contributed by atoms with Crippen molar-refractivity contribution < 1.29 is 0 Å². The Morgan fingerprint density at radius 1 is 0.935 bits per heavy atom. The molecule has 1 aliphatic rings. The summed E-state index contributed by atoms with van der Waals surface area (Å²) >= 11 is 0. The zero-order valence-corrected chi connectivity index (χ0v) is 19.9. The van der Waals surface area contributed by atoms with Gasteiger partial charge in [0.05, 0.1) is 0 Å². The van der Waals surface area contributed by atoms with Gasteiger partial charge < -0.3 is 0 Å². The second-order valence-corrected chi connectivity index (χ2v) is 9.43.